The Morgan fingerprint density at radius 2 is 1.83 bits per heavy atom. The van der Waals surface area contributed by atoms with Gasteiger partial charge in [0.15, 0.2) is 0 Å². The first-order chi connectivity index (χ1) is 11.0. The lowest BCUT2D eigenvalue weighted by Crippen LogP contribution is -2.37. The van der Waals surface area contributed by atoms with E-state index in [0.717, 1.165) is 4.90 Å². The molecule has 5 nitrogen and oxygen atoms in total. The Labute approximate surface area is 139 Å². The largest absolute Gasteiger partial charge is 0.325 e. The van der Waals surface area contributed by atoms with E-state index in [1.54, 1.807) is 18.2 Å². The summed E-state index contributed by atoms with van der Waals surface area (Å²) in [6.07, 6.45) is 0. The number of rotatable bonds is 3. The Morgan fingerprint density at radius 3 is 2.52 bits per heavy atom. The minimum absolute atomic E-state index is 0.263. The van der Waals surface area contributed by atoms with Crippen LogP contribution in [-0.2, 0) is 9.59 Å². The van der Waals surface area contributed by atoms with Crippen LogP contribution in [0, 0.1) is 5.82 Å². The molecule has 0 spiro atoms. The van der Waals surface area contributed by atoms with Crippen molar-refractivity contribution in [2.24, 2.45) is 0 Å². The highest BCUT2D eigenvalue weighted by molar-refractivity contribution is 9.10. The van der Waals surface area contributed by atoms with Crippen LogP contribution in [0.15, 0.2) is 46.9 Å². The highest BCUT2D eigenvalue weighted by Crippen LogP contribution is 2.31. The van der Waals surface area contributed by atoms with Gasteiger partial charge in [0.2, 0.25) is 5.91 Å². The Hall–Kier alpha value is -2.54. The van der Waals surface area contributed by atoms with Gasteiger partial charge in [0.1, 0.15) is 12.4 Å². The Bertz CT molecular complexity index is 821. The Balaban J connectivity index is 1.78. The summed E-state index contributed by atoms with van der Waals surface area (Å²) in [7, 11) is 0. The van der Waals surface area contributed by atoms with Gasteiger partial charge < -0.3 is 5.32 Å². The molecule has 2 aromatic rings. The predicted molar refractivity (Wildman–Crippen MR) is 85.9 cm³/mol. The Morgan fingerprint density at radius 1 is 1.13 bits per heavy atom. The van der Waals surface area contributed by atoms with Gasteiger partial charge in [-0.05, 0) is 42.5 Å². The van der Waals surface area contributed by atoms with Gasteiger partial charge in [-0.2, -0.15) is 0 Å². The van der Waals surface area contributed by atoms with E-state index in [2.05, 4.69) is 21.2 Å². The summed E-state index contributed by atoms with van der Waals surface area (Å²) in [5.41, 5.74) is 1.07. The van der Waals surface area contributed by atoms with E-state index in [9.17, 15) is 18.8 Å². The van der Waals surface area contributed by atoms with Crippen LogP contribution >= 0.6 is 15.9 Å². The maximum Gasteiger partial charge on any atom is 0.299 e. The van der Waals surface area contributed by atoms with Crippen LogP contribution in [-0.4, -0.2) is 24.1 Å². The van der Waals surface area contributed by atoms with Gasteiger partial charge in [-0.15, -0.1) is 0 Å². The minimum Gasteiger partial charge on any atom is -0.325 e. The zero-order valence-corrected chi connectivity index (χ0v) is 13.3. The number of nitrogens with zero attached hydrogens (tertiary/aromatic N) is 1. The molecule has 0 atom stereocenters. The fourth-order valence-electron chi connectivity index (χ4n) is 2.31. The number of anilines is 2. The molecule has 1 heterocycles. The molecule has 0 saturated heterocycles. The number of carbonyl (C=O) groups excluding carboxylic acids is 3. The summed E-state index contributed by atoms with van der Waals surface area (Å²) >= 11 is 3.24. The minimum atomic E-state index is -0.743. The van der Waals surface area contributed by atoms with Crippen molar-refractivity contribution in [3.8, 4) is 0 Å². The third-order valence-electron chi connectivity index (χ3n) is 3.36. The summed E-state index contributed by atoms with van der Waals surface area (Å²) in [6, 6.07) is 10.1. The van der Waals surface area contributed by atoms with Crippen molar-refractivity contribution >= 4 is 44.9 Å². The second-order valence-electron chi connectivity index (χ2n) is 4.94. The smallest absolute Gasteiger partial charge is 0.299 e. The zero-order valence-electron chi connectivity index (χ0n) is 11.7. The maximum atomic E-state index is 12.8. The number of fused-ring (bicyclic) bond motifs is 1. The van der Waals surface area contributed by atoms with Crippen molar-refractivity contribution in [2.45, 2.75) is 0 Å². The monoisotopic (exact) mass is 376 g/mol. The van der Waals surface area contributed by atoms with E-state index in [1.807, 2.05) is 0 Å². The molecule has 0 unspecified atom stereocenters. The van der Waals surface area contributed by atoms with Crippen LogP contribution < -0.4 is 10.2 Å². The zero-order chi connectivity index (χ0) is 16.6. The summed E-state index contributed by atoms with van der Waals surface area (Å²) < 4.78 is 13.5. The van der Waals surface area contributed by atoms with Gasteiger partial charge in [0.25, 0.3) is 11.7 Å². The van der Waals surface area contributed by atoms with E-state index >= 15 is 0 Å². The number of Topliss-reactive ketones (excluding diaryl/α,β-unsaturated/α-hetero) is 1. The van der Waals surface area contributed by atoms with Gasteiger partial charge >= 0.3 is 0 Å². The molecule has 23 heavy (non-hydrogen) atoms. The number of carbonyl (C=O) groups is 3. The normalized spacial score (nSPS) is 13.2. The topological polar surface area (TPSA) is 66.5 Å². The van der Waals surface area contributed by atoms with Crippen LogP contribution in [0.2, 0.25) is 0 Å². The quantitative estimate of drug-likeness (QED) is 0.837. The summed E-state index contributed by atoms with van der Waals surface area (Å²) in [5, 5.41) is 2.55. The molecular formula is C16H10BrFN2O3. The lowest BCUT2D eigenvalue weighted by atomic mass is 10.1. The molecule has 7 heteroatoms. The number of benzene rings is 2. The molecule has 0 radical (unpaired) electrons. The van der Waals surface area contributed by atoms with E-state index in [1.165, 1.54) is 24.3 Å². The van der Waals surface area contributed by atoms with Gasteiger partial charge in [-0.1, -0.05) is 15.9 Å². The molecule has 2 aromatic carbocycles. The van der Waals surface area contributed by atoms with Crippen molar-refractivity contribution < 1.29 is 18.8 Å². The van der Waals surface area contributed by atoms with Crippen molar-refractivity contribution in [3.05, 3.63) is 58.3 Å². The van der Waals surface area contributed by atoms with E-state index < -0.39 is 23.4 Å². The maximum absolute atomic E-state index is 12.8. The van der Waals surface area contributed by atoms with Crippen molar-refractivity contribution in [2.75, 3.05) is 16.8 Å². The highest BCUT2D eigenvalue weighted by atomic mass is 79.9. The van der Waals surface area contributed by atoms with Crippen LogP contribution in [0.1, 0.15) is 10.4 Å². The molecule has 0 bridgehead atoms. The molecule has 0 aromatic heterocycles. The van der Waals surface area contributed by atoms with Crippen LogP contribution in [0.3, 0.4) is 0 Å². The number of nitrogens with one attached hydrogen (secondary N) is 1. The second-order valence-corrected chi connectivity index (χ2v) is 5.85. The average molecular weight is 377 g/mol. The van der Waals surface area contributed by atoms with Gasteiger partial charge in [0.05, 0.1) is 11.3 Å². The molecule has 0 saturated carbocycles. The molecular weight excluding hydrogens is 367 g/mol. The first kappa shape index (κ1) is 15.4. The second kappa shape index (κ2) is 5.92. The van der Waals surface area contributed by atoms with Gasteiger partial charge in [-0.25, -0.2) is 4.39 Å². The number of ketones is 1. The molecule has 3 rings (SSSR count). The lowest BCUT2D eigenvalue weighted by Gasteiger charge is -2.16. The summed E-state index contributed by atoms with van der Waals surface area (Å²) in [6.45, 7) is -0.295. The van der Waals surface area contributed by atoms with Gasteiger partial charge in [-0.3, -0.25) is 19.3 Å². The fourth-order valence-corrected chi connectivity index (χ4v) is 2.67. The third-order valence-corrected chi connectivity index (χ3v) is 3.86. The SMILES string of the molecule is O=C(CN1C(=O)C(=O)c2cc(Br)ccc21)Nc1ccc(F)cc1. The number of amides is 2. The first-order valence-corrected chi connectivity index (χ1v) is 7.46. The highest BCUT2D eigenvalue weighted by Gasteiger charge is 2.36. The average Bonchev–Trinajstić information content (AvgIpc) is 2.74. The molecule has 116 valence electrons. The van der Waals surface area contributed by atoms with Crippen molar-refractivity contribution in [1.29, 1.82) is 0 Å². The van der Waals surface area contributed by atoms with Crippen molar-refractivity contribution in [3.63, 3.8) is 0 Å². The fraction of sp³-hybridized carbons (Fsp3) is 0.0625. The Kier molecular flexibility index (Phi) is 3.96. The van der Waals surface area contributed by atoms with Gasteiger partial charge in [0, 0.05) is 10.2 Å². The molecule has 0 aliphatic carbocycles. The van der Waals surface area contributed by atoms with Crippen LogP contribution in [0.4, 0.5) is 15.8 Å². The number of halogens is 2. The molecule has 1 N–H and O–H groups in total. The summed E-state index contributed by atoms with van der Waals surface area (Å²) in [4.78, 5) is 37.2. The molecule has 0 fully saturated rings. The lowest BCUT2D eigenvalue weighted by molar-refractivity contribution is -0.118. The van der Waals surface area contributed by atoms with E-state index in [4.69, 9.17) is 0 Å². The van der Waals surface area contributed by atoms with Crippen molar-refractivity contribution in [1.82, 2.24) is 0 Å². The molecule has 1 aliphatic rings. The van der Waals surface area contributed by atoms with E-state index in [0.29, 0.717) is 15.8 Å². The first-order valence-electron chi connectivity index (χ1n) is 6.67. The van der Waals surface area contributed by atoms with Crippen LogP contribution in [0.5, 0.6) is 0 Å². The number of hydrogen-bond acceptors (Lipinski definition) is 3. The number of hydrogen-bond donors (Lipinski definition) is 1. The standard InChI is InChI=1S/C16H10BrFN2O3/c17-9-1-6-13-12(7-9)15(22)16(23)20(13)8-14(21)19-11-4-2-10(18)3-5-11/h1-7H,8H2,(H,19,21). The molecule has 2 amide bonds. The third kappa shape index (κ3) is 3.00. The summed E-state index contributed by atoms with van der Waals surface area (Å²) in [5.74, 6) is -2.28. The molecule has 1 aliphatic heterocycles. The van der Waals surface area contributed by atoms with E-state index in [-0.39, 0.29) is 12.1 Å². The van der Waals surface area contributed by atoms with Crippen LogP contribution in [0.25, 0.3) is 0 Å². The predicted octanol–water partition coefficient (Wildman–Crippen LogP) is 2.76.